The van der Waals surface area contributed by atoms with Gasteiger partial charge in [0.15, 0.2) is 5.78 Å². The van der Waals surface area contributed by atoms with Gasteiger partial charge in [-0.15, -0.1) is 0 Å². The van der Waals surface area contributed by atoms with Crippen molar-refractivity contribution in [1.29, 1.82) is 0 Å². The largest absolute Gasteiger partial charge is 0.480 e. The first-order valence-corrected chi connectivity index (χ1v) is 4.66. The number of likely N-dealkylation sites (tertiary alicyclic amines) is 1. The van der Waals surface area contributed by atoms with Crippen LogP contribution in [0.3, 0.4) is 0 Å². The van der Waals surface area contributed by atoms with Gasteiger partial charge in [0.25, 0.3) is 0 Å². The minimum absolute atomic E-state index is 0.128. The van der Waals surface area contributed by atoms with E-state index < -0.39 is 12.0 Å². The molecule has 0 saturated carbocycles. The van der Waals surface area contributed by atoms with E-state index in [1.54, 1.807) is 6.42 Å². The number of carboxylic acids is 1. The summed E-state index contributed by atoms with van der Waals surface area (Å²) in [5.74, 6) is -0.731. The van der Waals surface area contributed by atoms with Gasteiger partial charge in [-0.1, -0.05) is 0 Å². The van der Waals surface area contributed by atoms with E-state index in [0.717, 1.165) is 0 Å². The second-order valence-corrected chi connectivity index (χ2v) is 3.71. The number of hydrogen-bond donors (Lipinski definition) is 1. The van der Waals surface area contributed by atoms with Crippen molar-refractivity contribution >= 4 is 11.8 Å². The SMILES string of the molecule is O=C1[CH]CN(C2C[N]C(C(=O)O)C2)C1. The summed E-state index contributed by atoms with van der Waals surface area (Å²) in [6.07, 6.45) is 2.19. The number of nitrogens with zero attached hydrogens (tertiary/aromatic N) is 2. The maximum Gasteiger partial charge on any atom is 0.322 e. The Morgan fingerprint density at radius 3 is 2.93 bits per heavy atom. The van der Waals surface area contributed by atoms with Crippen LogP contribution in [-0.4, -0.2) is 53.5 Å². The Bertz CT molecular complexity index is 267. The number of ketones is 1. The van der Waals surface area contributed by atoms with E-state index in [1.165, 1.54) is 0 Å². The molecule has 14 heavy (non-hydrogen) atoms. The molecule has 2 heterocycles. The lowest BCUT2D eigenvalue weighted by atomic mass is 10.1. The number of carboxylic acid groups (broad SMARTS) is 1. The highest BCUT2D eigenvalue weighted by Crippen LogP contribution is 2.18. The summed E-state index contributed by atoms with van der Waals surface area (Å²) in [6, 6.07) is -0.436. The van der Waals surface area contributed by atoms with Crippen LogP contribution >= 0.6 is 0 Å². The first kappa shape index (κ1) is 9.61. The lowest BCUT2D eigenvalue weighted by Gasteiger charge is -2.20. The molecule has 0 bridgehead atoms. The van der Waals surface area contributed by atoms with Gasteiger partial charge in [0.1, 0.15) is 6.04 Å². The molecule has 2 atom stereocenters. The molecule has 0 aromatic carbocycles. The summed E-state index contributed by atoms with van der Waals surface area (Å²) in [6.45, 7) is 1.61. The Hall–Kier alpha value is -0.940. The normalized spacial score (nSPS) is 33.9. The van der Waals surface area contributed by atoms with Crippen molar-refractivity contribution in [3.05, 3.63) is 6.42 Å². The van der Waals surface area contributed by atoms with Gasteiger partial charge in [0.2, 0.25) is 0 Å². The molecule has 5 nitrogen and oxygen atoms in total. The van der Waals surface area contributed by atoms with E-state index in [1.807, 2.05) is 4.90 Å². The Morgan fingerprint density at radius 1 is 1.64 bits per heavy atom. The van der Waals surface area contributed by atoms with Gasteiger partial charge in [-0.25, -0.2) is 5.32 Å². The van der Waals surface area contributed by atoms with Crippen LogP contribution in [0.4, 0.5) is 0 Å². The van der Waals surface area contributed by atoms with E-state index >= 15 is 0 Å². The van der Waals surface area contributed by atoms with Gasteiger partial charge in [0, 0.05) is 25.6 Å². The van der Waals surface area contributed by atoms with Crippen LogP contribution in [0.25, 0.3) is 0 Å². The minimum Gasteiger partial charge on any atom is -0.480 e. The maximum atomic E-state index is 11.0. The van der Waals surface area contributed by atoms with Crippen LogP contribution < -0.4 is 5.32 Å². The highest BCUT2D eigenvalue weighted by molar-refractivity contribution is 5.91. The summed E-state index contributed by atoms with van der Waals surface area (Å²) in [7, 11) is 0. The molecule has 76 valence electrons. The third-order valence-corrected chi connectivity index (χ3v) is 2.75. The standard InChI is InChI=1S/C9H12N2O3/c12-7-1-2-11(5-7)6-3-8(9(13)14)10-4-6/h1,6,8H,2-5H2,(H,13,14). The molecule has 0 aromatic heterocycles. The Balaban J connectivity index is 1.89. The smallest absolute Gasteiger partial charge is 0.322 e. The summed E-state index contributed by atoms with van der Waals surface area (Å²) in [5.41, 5.74) is 0. The molecule has 2 radical (unpaired) electrons. The second-order valence-electron chi connectivity index (χ2n) is 3.71. The Labute approximate surface area is 82.1 Å². The molecule has 0 aliphatic carbocycles. The van der Waals surface area contributed by atoms with Gasteiger partial charge in [0.05, 0.1) is 6.54 Å². The van der Waals surface area contributed by atoms with E-state index in [-0.39, 0.29) is 11.8 Å². The van der Waals surface area contributed by atoms with Crippen LogP contribution in [0, 0.1) is 6.42 Å². The fourth-order valence-corrected chi connectivity index (χ4v) is 1.93. The van der Waals surface area contributed by atoms with Gasteiger partial charge in [-0.05, 0) is 6.42 Å². The topological polar surface area (TPSA) is 71.7 Å². The molecule has 2 rings (SSSR count). The zero-order valence-electron chi connectivity index (χ0n) is 7.72. The van der Waals surface area contributed by atoms with Crippen LogP contribution in [0.5, 0.6) is 0 Å². The molecule has 2 aliphatic rings. The van der Waals surface area contributed by atoms with Crippen LogP contribution in [0.1, 0.15) is 6.42 Å². The van der Waals surface area contributed by atoms with Crippen molar-refractivity contribution < 1.29 is 14.7 Å². The molecule has 2 unspecified atom stereocenters. The fraction of sp³-hybridized carbons (Fsp3) is 0.667. The first-order chi connectivity index (χ1) is 6.66. The van der Waals surface area contributed by atoms with Crippen molar-refractivity contribution in [2.75, 3.05) is 19.6 Å². The predicted molar refractivity (Wildman–Crippen MR) is 47.7 cm³/mol. The predicted octanol–water partition coefficient (Wildman–Crippen LogP) is -1.09. The molecular formula is C9H12N2O3. The van der Waals surface area contributed by atoms with Gasteiger partial charge in [-0.3, -0.25) is 14.5 Å². The van der Waals surface area contributed by atoms with Crippen LogP contribution in [0.15, 0.2) is 0 Å². The summed E-state index contributed by atoms with van der Waals surface area (Å²) in [4.78, 5) is 23.6. The molecule has 0 spiro atoms. The molecule has 1 N–H and O–H groups in total. The molecule has 0 amide bonds. The number of hydrogen-bond acceptors (Lipinski definition) is 3. The third kappa shape index (κ3) is 1.78. The lowest BCUT2D eigenvalue weighted by molar-refractivity contribution is -0.139. The van der Waals surface area contributed by atoms with E-state index in [0.29, 0.717) is 26.1 Å². The van der Waals surface area contributed by atoms with E-state index in [9.17, 15) is 9.59 Å². The van der Waals surface area contributed by atoms with Crippen molar-refractivity contribution in [3.63, 3.8) is 0 Å². The highest BCUT2D eigenvalue weighted by Gasteiger charge is 2.36. The Kier molecular flexibility index (Phi) is 2.52. The molecule has 5 heteroatoms. The van der Waals surface area contributed by atoms with Crippen molar-refractivity contribution in [2.24, 2.45) is 0 Å². The average molecular weight is 196 g/mol. The number of Topliss-reactive ketones (excluding diaryl/α,β-unsaturated/α-hetero) is 1. The number of carbonyl (C=O) groups is 2. The molecule has 2 saturated heterocycles. The fourth-order valence-electron chi connectivity index (χ4n) is 1.93. The average Bonchev–Trinajstić information content (AvgIpc) is 2.70. The molecule has 2 aliphatic heterocycles. The summed E-state index contributed by atoms with van der Waals surface area (Å²) >= 11 is 0. The number of rotatable bonds is 2. The molecule has 2 fully saturated rings. The van der Waals surface area contributed by atoms with Crippen molar-refractivity contribution in [2.45, 2.75) is 18.5 Å². The minimum atomic E-state index is -0.859. The van der Waals surface area contributed by atoms with Gasteiger partial charge in [-0.2, -0.15) is 0 Å². The highest BCUT2D eigenvalue weighted by atomic mass is 16.4. The number of carbonyl (C=O) groups excluding carboxylic acids is 1. The van der Waals surface area contributed by atoms with Crippen LogP contribution in [-0.2, 0) is 9.59 Å². The summed E-state index contributed by atoms with van der Waals surface area (Å²) < 4.78 is 0. The number of aliphatic carboxylic acids is 1. The first-order valence-electron chi connectivity index (χ1n) is 4.66. The second kappa shape index (κ2) is 3.67. The van der Waals surface area contributed by atoms with Crippen molar-refractivity contribution in [3.8, 4) is 0 Å². The third-order valence-electron chi connectivity index (χ3n) is 2.75. The van der Waals surface area contributed by atoms with Gasteiger partial charge >= 0.3 is 5.97 Å². The molecule has 0 aromatic rings. The summed E-state index contributed by atoms with van der Waals surface area (Å²) in [5, 5.41) is 12.8. The zero-order chi connectivity index (χ0) is 10.1. The van der Waals surface area contributed by atoms with Crippen molar-refractivity contribution in [1.82, 2.24) is 10.2 Å². The zero-order valence-corrected chi connectivity index (χ0v) is 7.72. The van der Waals surface area contributed by atoms with Crippen LogP contribution in [0.2, 0.25) is 0 Å². The quantitative estimate of drug-likeness (QED) is 0.609. The van der Waals surface area contributed by atoms with E-state index in [4.69, 9.17) is 5.11 Å². The lowest BCUT2D eigenvalue weighted by Crippen LogP contribution is -2.34. The molecular weight excluding hydrogens is 184 g/mol. The monoisotopic (exact) mass is 196 g/mol. The van der Waals surface area contributed by atoms with E-state index in [2.05, 4.69) is 5.32 Å². The van der Waals surface area contributed by atoms with Gasteiger partial charge < -0.3 is 5.11 Å². The maximum absolute atomic E-state index is 11.0. The Morgan fingerprint density at radius 2 is 2.43 bits per heavy atom.